The summed E-state index contributed by atoms with van der Waals surface area (Å²) in [6, 6.07) is 22.6. The van der Waals surface area contributed by atoms with Gasteiger partial charge in [0.05, 0.1) is 11.3 Å². The highest BCUT2D eigenvalue weighted by Gasteiger charge is 2.31. The van der Waals surface area contributed by atoms with Gasteiger partial charge in [-0.25, -0.2) is 0 Å². The van der Waals surface area contributed by atoms with Gasteiger partial charge >= 0.3 is 0 Å². The minimum Gasteiger partial charge on any atom is -0.352 e. The predicted octanol–water partition coefficient (Wildman–Crippen LogP) is 4.61. The Kier molecular flexibility index (Phi) is 8.73. The lowest BCUT2D eigenvalue weighted by Crippen LogP contribution is -2.52. The summed E-state index contributed by atoms with van der Waals surface area (Å²) in [5, 5.41) is 14.5. The van der Waals surface area contributed by atoms with E-state index in [4.69, 9.17) is 0 Å². The molecule has 3 aromatic carbocycles. The van der Waals surface area contributed by atoms with Gasteiger partial charge in [0, 0.05) is 30.6 Å². The highest BCUT2D eigenvalue weighted by atomic mass is 16.6. The predicted molar refractivity (Wildman–Crippen MR) is 136 cm³/mol. The van der Waals surface area contributed by atoms with E-state index in [2.05, 4.69) is 5.32 Å². The van der Waals surface area contributed by atoms with E-state index in [1.54, 1.807) is 23.1 Å². The smallest absolute Gasteiger partial charge is 0.273 e. The molecule has 0 saturated carbocycles. The van der Waals surface area contributed by atoms with E-state index in [1.165, 1.54) is 6.07 Å². The van der Waals surface area contributed by atoms with Crippen LogP contribution in [0.5, 0.6) is 0 Å². The quantitative estimate of drug-likeness (QED) is 0.344. The summed E-state index contributed by atoms with van der Waals surface area (Å²) in [5.74, 6) is -0.604. The Hall–Kier alpha value is -4.00. The SMILES string of the molecule is Cc1cccc(CN(C(=O)Cc2ccccc2[N+](=O)[O-])[C@@H](Cc2ccccc2)C(=O)NC(C)C)c1. The molecule has 0 aromatic heterocycles. The molecule has 1 atom stereocenters. The Balaban J connectivity index is 2.01. The van der Waals surface area contributed by atoms with Crippen molar-refractivity contribution in [3.8, 4) is 0 Å². The van der Waals surface area contributed by atoms with Gasteiger partial charge in [0.25, 0.3) is 5.69 Å². The maximum Gasteiger partial charge on any atom is 0.273 e. The van der Waals surface area contributed by atoms with Gasteiger partial charge in [-0.3, -0.25) is 19.7 Å². The van der Waals surface area contributed by atoms with E-state index in [-0.39, 0.29) is 36.5 Å². The molecule has 1 N–H and O–H groups in total. The van der Waals surface area contributed by atoms with Crippen molar-refractivity contribution >= 4 is 17.5 Å². The second-order valence-electron chi connectivity index (χ2n) is 8.94. The maximum atomic E-state index is 13.7. The molecule has 35 heavy (non-hydrogen) atoms. The molecule has 0 fully saturated rings. The van der Waals surface area contributed by atoms with E-state index in [0.29, 0.717) is 12.0 Å². The van der Waals surface area contributed by atoms with E-state index in [1.807, 2.05) is 75.4 Å². The molecule has 0 unspecified atom stereocenters. The number of hydrogen-bond donors (Lipinski definition) is 1. The lowest BCUT2D eigenvalue weighted by atomic mass is 10.0. The zero-order valence-corrected chi connectivity index (χ0v) is 20.3. The molecule has 0 aliphatic carbocycles. The second kappa shape index (κ2) is 11.9. The van der Waals surface area contributed by atoms with Crippen molar-refractivity contribution in [2.45, 2.75) is 52.2 Å². The lowest BCUT2D eigenvalue weighted by Gasteiger charge is -2.32. The first-order valence-electron chi connectivity index (χ1n) is 11.7. The molecular weight excluding hydrogens is 442 g/mol. The van der Waals surface area contributed by atoms with Crippen LogP contribution >= 0.6 is 0 Å². The van der Waals surface area contributed by atoms with E-state index >= 15 is 0 Å². The normalized spacial score (nSPS) is 11.7. The zero-order valence-electron chi connectivity index (χ0n) is 20.3. The number of benzene rings is 3. The number of carbonyl (C=O) groups is 2. The summed E-state index contributed by atoms with van der Waals surface area (Å²) in [5.41, 5.74) is 3.06. The van der Waals surface area contributed by atoms with Crippen LogP contribution in [0.25, 0.3) is 0 Å². The topological polar surface area (TPSA) is 92.6 Å². The molecular formula is C28H31N3O4. The Morgan fingerprint density at radius 3 is 2.26 bits per heavy atom. The Morgan fingerprint density at radius 2 is 1.60 bits per heavy atom. The molecule has 0 saturated heterocycles. The van der Waals surface area contributed by atoms with Crippen LogP contribution in [-0.2, 0) is 29.0 Å². The fraction of sp³-hybridized carbons (Fsp3) is 0.286. The fourth-order valence-electron chi connectivity index (χ4n) is 4.04. The summed E-state index contributed by atoms with van der Waals surface area (Å²) in [7, 11) is 0. The lowest BCUT2D eigenvalue weighted by molar-refractivity contribution is -0.385. The summed E-state index contributed by atoms with van der Waals surface area (Å²) in [6.45, 7) is 5.93. The average Bonchev–Trinajstić information content (AvgIpc) is 2.81. The van der Waals surface area contributed by atoms with Gasteiger partial charge in [-0.1, -0.05) is 78.4 Å². The number of aryl methyl sites for hydroxylation is 1. The van der Waals surface area contributed by atoms with Gasteiger partial charge in [-0.05, 0) is 31.9 Å². The van der Waals surface area contributed by atoms with Gasteiger partial charge in [0.2, 0.25) is 11.8 Å². The van der Waals surface area contributed by atoms with Gasteiger partial charge in [0.15, 0.2) is 0 Å². The molecule has 3 aromatic rings. The van der Waals surface area contributed by atoms with Crippen LogP contribution in [-0.4, -0.2) is 33.7 Å². The molecule has 0 bridgehead atoms. The standard InChI is InChI=1S/C28H31N3O4/c1-20(2)29-28(33)26(17-22-11-5-4-6-12-22)30(19-23-13-9-10-21(3)16-23)27(32)18-24-14-7-8-15-25(24)31(34)35/h4-16,20,26H,17-19H2,1-3H3,(H,29,33)/t26-/m0/s1. The third kappa shape index (κ3) is 7.24. The molecule has 2 amide bonds. The largest absolute Gasteiger partial charge is 0.352 e. The van der Waals surface area contributed by atoms with Crippen molar-refractivity contribution < 1.29 is 14.5 Å². The molecule has 0 spiro atoms. The minimum atomic E-state index is -0.782. The van der Waals surface area contributed by atoms with Gasteiger partial charge < -0.3 is 10.2 Å². The average molecular weight is 474 g/mol. The van der Waals surface area contributed by atoms with Gasteiger partial charge in [0.1, 0.15) is 6.04 Å². The molecule has 7 heteroatoms. The van der Waals surface area contributed by atoms with Crippen molar-refractivity contribution in [3.63, 3.8) is 0 Å². The number of amides is 2. The van der Waals surface area contributed by atoms with Crippen LogP contribution in [0.1, 0.15) is 36.1 Å². The second-order valence-corrected chi connectivity index (χ2v) is 8.94. The number of nitro groups is 1. The Bertz CT molecular complexity index is 1180. The summed E-state index contributed by atoms with van der Waals surface area (Å²) >= 11 is 0. The number of nitrogens with zero attached hydrogens (tertiary/aromatic N) is 2. The van der Waals surface area contributed by atoms with Crippen molar-refractivity contribution in [2.75, 3.05) is 0 Å². The minimum absolute atomic E-state index is 0.105. The first kappa shape index (κ1) is 25.6. The van der Waals surface area contributed by atoms with Crippen molar-refractivity contribution in [2.24, 2.45) is 0 Å². The fourth-order valence-corrected chi connectivity index (χ4v) is 4.04. The van der Waals surface area contributed by atoms with Crippen LogP contribution in [0, 0.1) is 17.0 Å². The molecule has 0 aliphatic rings. The number of hydrogen-bond acceptors (Lipinski definition) is 4. The molecule has 7 nitrogen and oxygen atoms in total. The first-order valence-corrected chi connectivity index (χ1v) is 11.7. The molecule has 182 valence electrons. The van der Waals surface area contributed by atoms with E-state index in [9.17, 15) is 19.7 Å². The van der Waals surface area contributed by atoms with Crippen LogP contribution < -0.4 is 5.32 Å². The monoisotopic (exact) mass is 473 g/mol. The van der Waals surface area contributed by atoms with E-state index in [0.717, 1.165) is 16.7 Å². The van der Waals surface area contributed by atoms with Crippen LogP contribution in [0.3, 0.4) is 0 Å². The third-order valence-corrected chi connectivity index (χ3v) is 5.67. The molecule has 0 aliphatic heterocycles. The van der Waals surface area contributed by atoms with Crippen LogP contribution in [0.4, 0.5) is 5.69 Å². The van der Waals surface area contributed by atoms with Gasteiger partial charge in [-0.15, -0.1) is 0 Å². The molecule has 3 rings (SSSR count). The zero-order chi connectivity index (χ0) is 25.4. The van der Waals surface area contributed by atoms with Crippen LogP contribution in [0.15, 0.2) is 78.9 Å². The van der Waals surface area contributed by atoms with Crippen molar-refractivity contribution in [1.82, 2.24) is 10.2 Å². The van der Waals surface area contributed by atoms with E-state index < -0.39 is 11.0 Å². The Labute approximate surface area is 205 Å². The summed E-state index contributed by atoms with van der Waals surface area (Å²) < 4.78 is 0. The molecule has 0 heterocycles. The maximum absolute atomic E-state index is 13.7. The summed E-state index contributed by atoms with van der Waals surface area (Å²) in [6.07, 6.45) is 0.150. The number of nitrogens with one attached hydrogen (secondary N) is 1. The van der Waals surface area contributed by atoms with Crippen molar-refractivity contribution in [3.05, 3.63) is 111 Å². The number of rotatable bonds is 10. The first-order chi connectivity index (χ1) is 16.7. The van der Waals surface area contributed by atoms with Crippen LogP contribution in [0.2, 0.25) is 0 Å². The summed E-state index contributed by atoms with van der Waals surface area (Å²) in [4.78, 5) is 39.7. The number of para-hydroxylation sites is 1. The highest BCUT2D eigenvalue weighted by molar-refractivity contribution is 5.89. The third-order valence-electron chi connectivity index (χ3n) is 5.67. The van der Waals surface area contributed by atoms with Gasteiger partial charge in [-0.2, -0.15) is 0 Å². The number of carbonyl (C=O) groups excluding carboxylic acids is 2. The highest BCUT2D eigenvalue weighted by Crippen LogP contribution is 2.22. The van der Waals surface area contributed by atoms with Crippen molar-refractivity contribution in [1.29, 1.82) is 0 Å². The molecule has 0 radical (unpaired) electrons. The number of nitro benzene ring substituents is 1. The Morgan fingerprint density at radius 1 is 0.943 bits per heavy atom.